The van der Waals surface area contributed by atoms with Crippen molar-refractivity contribution in [2.75, 3.05) is 13.1 Å². The van der Waals surface area contributed by atoms with E-state index in [1.807, 2.05) is 0 Å². The lowest BCUT2D eigenvalue weighted by atomic mass is 10.1. The van der Waals surface area contributed by atoms with Gasteiger partial charge in [-0.05, 0) is 39.8 Å². The van der Waals surface area contributed by atoms with Crippen LogP contribution in [0.2, 0.25) is 0 Å². The van der Waals surface area contributed by atoms with Crippen molar-refractivity contribution in [2.24, 2.45) is 5.73 Å². The van der Waals surface area contributed by atoms with Crippen LogP contribution in [-0.4, -0.2) is 30.1 Å². The van der Waals surface area contributed by atoms with E-state index in [1.165, 1.54) is 25.9 Å². The summed E-state index contributed by atoms with van der Waals surface area (Å²) in [5.74, 6) is 0. The Balaban J connectivity index is 3.89. The van der Waals surface area contributed by atoms with Crippen molar-refractivity contribution in [2.45, 2.75) is 52.6 Å². The molecule has 0 saturated heterocycles. The fraction of sp³-hybridized carbons (Fsp3) is 1.00. The lowest BCUT2D eigenvalue weighted by Crippen LogP contribution is -2.45. The molecule has 2 N–H and O–H groups in total. The fourth-order valence-electron chi connectivity index (χ4n) is 1.43. The molecule has 2 atom stereocenters. The van der Waals surface area contributed by atoms with E-state index in [0.717, 1.165) is 0 Å². The van der Waals surface area contributed by atoms with Crippen molar-refractivity contribution in [1.82, 2.24) is 4.90 Å². The van der Waals surface area contributed by atoms with Crippen LogP contribution in [0.1, 0.15) is 40.5 Å². The van der Waals surface area contributed by atoms with E-state index in [2.05, 4.69) is 32.6 Å². The van der Waals surface area contributed by atoms with Crippen LogP contribution in [0, 0.1) is 0 Å². The van der Waals surface area contributed by atoms with E-state index < -0.39 is 0 Å². The zero-order chi connectivity index (χ0) is 9.56. The molecule has 2 heteroatoms. The van der Waals surface area contributed by atoms with Gasteiger partial charge in [-0.1, -0.05) is 13.8 Å². The fourth-order valence-corrected chi connectivity index (χ4v) is 1.43. The highest BCUT2D eigenvalue weighted by molar-refractivity contribution is 4.74. The van der Waals surface area contributed by atoms with Gasteiger partial charge in [0.15, 0.2) is 0 Å². The van der Waals surface area contributed by atoms with Gasteiger partial charge in [0.25, 0.3) is 0 Å². The third-order valence-corrected chi connectivity index (χ3v) is 2.36. The lowest BCUT2D eigenvalue weighted by Gasteiger charge is -2.30. The molecule has 2 nitrogen and oxygen atoms in total. The van der Waals surface area contributed by atoms with Crippen molar-refractivity contribution in [3.05, 3.63) is 0 Å². The molecule has 0 fully saturated rings. The summed E-state index contributed by atoms with van der Waals surface area (Å²) in [6, 6.07) is 0.799. The molecular formula is C10H24N2. The minimum Gasteiger partial charge on any atom is -0.327 e. The van der Waals surface area contributed by atoms with Crippen molar-refractivity contribution in [3.63, 3.8) is 0 Å². The summed E-state index contributed by atoms with van der Waals surface area (Å²) in [4.78, 5) is 2.48. The first-order valence-electron chi connectivity index (χ1n) is 5.13. The second-order valence-electron chi connectivity index (χ2n) is 3.64. The standard InChI is InChI=1S/C10H24N2/c1-5-7-12(8-6-2)10(4)9(3)11/h9-10H,5-8,11H2,1-4H3. The molecule has 2 unspecified atom stereocenters. The van der Waals surface area contributed by atoms with E-state index in [0.29, 0.717) is 6.04 Å². The van der Waals surface area contributed by atoms with E-state index in [4.69, 9.17) is 5.73 Å². The van der Waals surface area contributed by atoms with Gasteiger partial charge in [0.2, 0.25) is 0 Å². The van der Waals surface area contributed by atoms with Gasteiger partial charge >= 0.3 is 0 Å². The number of rotatable bonds is 6. The normalized spacial score (nSPS) is 16.5. The molecule has 0 amide bonds. The van der Waals surface area contributed by atoms with E-state index >= 15 is 0 Å². The molecule has 0 rings (SSSR count). The first-order valence-corrected chi connectivity index (χ1v) is 5.13. The summed E-state index contributed by atoms with van der Waals surface area (Å²) in [7, 11) is 0. The van der Waals surface area contributed by atoms with Gasteiger partial charge in [-0.25, -0.2) is 0 Å². The van der Waals surface area contributed by atoms with Crippen LogP contribution in [-0.2, 0) is 0 Å². The second kappa shape index (κ2) is 6.44. The van der Waals surface area contributed by atoms with Crippen LogP contribution in [0.4, 0.5) is 0 Å². The summed E-state index contributed by atoms with van der Waals surface area (Å²) in [5, 5.41) is 0. The Morgan fingerprint density at radius 2 is 1.50 bits per heavy atom. The van der Waals surface area contributed by atoms with Gasteiger partial charge in [-0.3, -0.25) is 4.90 Å². The van der Waals surface area contributed by atoms with Gasteiger partial charge in [0.05, 0.1) is 0 Å². The molecule has 0 saturated carbocycles. The summed E-state index contributed by atoms with van der Waals surface area (Å²) in [5.41, 5.74) is 5.86. The lowest BCUT2D eigenvalue weighted by molar-refractivity contribution is 0.189. The zero-order valence-corrected chi connectivity index (χ0v) is 9.01. The highest BCUT2D eigenvalue weighted by Crippen LogP contribution is 2.04. The second-order valence-corrected chi connectivity index (χ2v) is 3.64. The Morgan fingerprint density at radius 1 is 1.08 bits per heavy atom. The molecule has 0 bridgehead atoms. The molecule has 0 aromatic rings. The van der Waals surface area contributed by atoms with Crippen LogP contribution in [0.3, 0.4) is 0 Å². The molecule has 74 valence electrons. The smallest absolute Gasteiger partial charge is 0.0216 e. The Kier molecular flexibility index (Phi) is 6.39. The maximum atomic E-state index is 5.86. The highest BCUT2D eigenvalue weighted by Gasteiger charge is 2.14. The average Bonchev–Trinajstić information content (AvgIpc) is 2.03. The Hall–Kier alpha value is -0.0800. The monoisotopic (exact) mass is 172 g/mol. The van der Waals surface area contributed by atoms with Crippen molar-refractivity contribution >= 4 is 0 Å². The molecule has 0 heterocycles. The Labute approximate surface area is 77.1 Å². The van der Waals surface area contributed by atoms with Crippen molar-refractivity contribution in [3.8, 4) is 0 Å². The summed E-state index contributed by atoms with van der Waals surface area (Å²) >= 11 is 0. The SMILES string of the molecule is CCCN(CCC)C(C)C(C)N. The molecule has 0 aliphatic heterocycles. The molecule has 0 aromatic heterocycles. The third-order valence-electron chi connectivity index (χ3n) is 2.36. The summed E-state index contributed by atoms with van der Waals surface area (Å²) < 4.78 is 0. The van der Waals surface area contributed by atoms with Gasteiger partial charge in [-0.2, -0.15) is 0 Å². The maximum Gasteiger partial charge on any atom is 0.0216 e. The van der Waals surface area contributed by atoms with Crippen LogP contribution >= 0.6 is 0 Å². The van der Waals surface area contributed by atoms with Crippen LogP contribution < -0.4 is 5.73 Å². The largest absolute Gasteiger partial charge is 0.327 e. The molecule has 0 radical (unpaired) electrons. The van der Waals surface area contributed by atoms with Crippen LogP contribution in [0.25, 0.3) is 0 Å². The van der Waals surface area contributed by atoms with E-state index in [-0.39, 0.29) is 6.04 Å². The number of nitrogens with zero attached hydrogens (tertiary/aromatic N) is 1. The number of nitrogens with two attached hydrogens (primary N) is 1. The van der Waals surface area contributed by atoms with Gasteiger partial charge in [0.1, 0.15) is 0 Å². The Morgan fingerprint density at radius 3 is 1.75 bits per heavy atom. The van der Waals surface area contributed by atoms with Crippen LogP contribution in [0.5, 0.6) is 0 Å². The maximum absolute atomic E-state index is 5.86. The van der Waals surface area contributed by atoms with E-state index in [9.17, 15) is 0 Å². The van der Waals surface area contributed by atoms with Gasteiger partial charge in [-0.15, -0.1) is 0 Å². The minimum atomic E-state index is 0.281. The first-order chi connectivity index (χ1) is 5.63. The molecule has 0 aliphatic rings. The average molecular weight is 172 g/mol. The van der Waals surface area contributed by atoms with Gasteiger partial charge in [0, 0.05) is 12.1 Å². The zero-order valence-electron chi connectivity index (χ0n) is 9.01. The number of hydrogen-bond donors (Lipinski definition) is 1. The molecule has 0 spiro atoms. The van der Waals surface area contributed by atoms with Gasteiger partial charge < -0.3 is 5.73 Å². The summed E-state index contributed by atoms with van der Waals surface area (Å²) in [6.45, 7) is 11.1. The molecule has 0 aromatic carbocycles. The van der Waals surface area contributed by atoms with E-state index in [1.54, 1.807) is 0 Å². The summed E-state index contributed by atoms with van der Waals surface area (Å²) in [6.07, 6.45) is 2.44. The quantitative estimate of drug-likeness (QED) is 0.662. The molecule has 0 aliphatic carbocycles. The highest BCUT2D eigenvalue weighted by atomic mass is 15.2. The van der Waals surface area contributed by atoms with Crippen LogP contribution in [0.15, 0.2) is 0 Å². The molecular weight excluding hydrogens is 148 g/mol. The minimum absolute atomic E-state index is 0.281. The predicted octanol–water partition coefficient (Wildman–Crippen LogP) is 1.84. The van der Waals surface area contributed by atoms with Crippen molar-refractivity contribution < 1.29 is 0 Å². The number of hydrogen-bond acceptors (Lipinski definition) is 2. The molecule has 12 heavy (non-hydrogen) atoms. The Bertz CT molecular complexity index is 96.0. The van der Waals surface area contributed by atoms with Crippen molar-refractivity contribution in [1.29, 1.82) is 0 Å². The predicted molar refractivity (Wildman–Crippen MR) is 55.3 cm³/mol. The topological polar surface area (TPSA) is 29.3 Å². The first kappa shape index (κ1) is 11.9. The third kappa shape index (κ3) is 4.07.